The quantitative estimate of drug-likeness (QED) is 0.0596. The lowest BCUT2D eigenvalue weighted by molar-refractivity contribution is 0.231. The van der Waals surface area contributed by atoms with Crippen LogP contribution in [0.3, 0.4) is 0 Å². The summed E-state index contributed by atoms with van der Waals surface area (Å²) < 4.78 is 14.0. The van der Waals surface area contributed by atoms with E-state index in [9.17, 15) is 20.4 Å². The van der Waals surface area contributed by atoms with Gasteiger partial charge in [0.25, 0.3) is 0 Å². The maximum absolute atomic E-state index is 12.7. The summed E-state index contributed by atoms with van der Waals surface area (Å²) in [6.45, 7) is 28.1. The van der Waals surface area contributed by atoms with Gasteiger partial charge in [0.2, 0.25) is 0 Å². The van der Waals surface area contributed by atoms with Gasteiger partial charge in [-0.15, -0.1) is 0 Å². The summed E-state index contributed by atoms with van der Waals surface area (Å²) in [7, 11) is 0. The molecule has 1 aliphatic rings. The van der Waals surface area contributed by atoms with Crippen molar-refractivity contribution >= 4 is 0 Å². The molecule has 0 spiro atoms. The minimum atomic E-state index is -0.249. The molecule has 0 fully saturated rings. The van der Waals surface area contributed by atoms with Crippen molar-refractivity contribution in [1.29, 1.82) is 0 Å². The molecule has 72 heavy (non-hydrogen) atoms. The monoisotopic (exact) mass is 975 g/mol. The molecule has 6 N–H and O–H groups in total. The molecule has 8 heteroatoms. The van der Waals surface area contributed by atoms with Crippen LogP contribution < -0.4 is 20.1 Å². The van der Waals surface area contributed by atoms with Crippen LogP contribution in [0.15, 0.2) is 109 Å². The highest BCUT2D eigenvalue weighted by molar-refractivity contribution is 5.59. The van der Waals surface area contributed by atoms with Crippen LogP contribution in [-0.2, 0) is 47.3 Å². The fourth-order valence-electron chi connectivity index (χ4n) is 9.74. The van der Waals surface area contributed by atoms with Gasteiger partial charge in [0.1, 0.15) is 36.2 Å². The summed E-state index contributed by atoms with van der Waals surface area (Å²) in [5, 5.41) is 53.3. The van der Waals surface area contributed by atoms with Crippen molar-refractivity contribution in [2.24, 2.45) is 0 Å². The summed E-state index contributed by atoms with van der Waals surface area (Å²) >= 11 is 0. The Hall–Kier alpha value is -5.64. The number of rotatable bonds is 14. The van der Waals surface area contributed by atoms with Gasteiger partial charge in [-0.3, -0.25) is 0 Å². The molecule has 0 saturated carbocycles. The van der Waals surface area contributed by atoms with Crippen LogP contribution in [0.1, 0.15) is 173 Å². The van der Waals surface area contributed by atoms with Gasteiger partial charge in [0, 0.05) is 38.8 Å². The second-order valence-electron chi connectivity index (χ2n) is 24.1. The van der Waals surface area contributed by atoms with Gasteiger partial charge >= 0.3 is 0 Å². The predicted molar refractivity (Wildman–Crippen MR) is 295 cm³/mol. The molecule has 1 unspecified atom stereocenters. The van der Waals surface area contributed by atoms with Crippen molar-refractivity contribution < 1.29 is 29.9 Å². The highest BCUT2D eigenvalue weighted by atomic mass is 16.5. The van der Waals surface area contributed by atoms with E-state index in [0.717, 1.165) is 89.4 Å². The minimum Gasteiger partial charge on any atom is -0.507 e. The van der Waals surface area contributed by atoms with E-state index in [1.165, 1.54) is 0 Å². The van der Waals surface area contributed by atoms with Crippen molar-refractivity contribution in [3.63, 3.8) is 0 Å². The fraction of sp³-hybridized carbons (Fsp3) is 0.438. The molecule has 7 rings (SSSR count). The SMILES string of the molecule is CC(C)(C)c1cc2c(O)c(c1)Cc1cc(C(C)(C)C)cc(c1OCCN[C@H](CO)c1ccccc1)Cc1cc(C(C)(C)C)cc(c1O)Cc1cc(C(C)(C)C)cc(c1OCCNC(CO)c1ccccc1)C2. The molecule has 0 heterocycles. The zero-order chi connectivity index (χ0) is 52.2. The van der Waals surface area contributed by atoms with E-state index in [0.29, 0.717) is 52.0 Å². The van der Waals surface area contributed by atoms with Gasteiger partial charge in [0.15, 0.2) is 0 Å². The number of nitrogens with one attached hydrogen (secondary N) is 2. The molecule has 0 radical (unpaired) electrons. The molecular weight excluding hydrogens is 893 g/mol. The molecule has 0 amide bonds. The number of benzene rings is 6. The summed E-state index contributed by atoms with van der Waals surface area (Å²) in [5.74, 6) is 1.98. The number of fused-ring (bicyclic) bond motifs is 8. The fourth-order valence-corrected chi connectivity index (χ4v) is 9.74. The van der Waals surface area contributed by atoms with Crippen LogP contribution >= 0.6 is 0 Å². The van der Waals surface area contributed by atoms with Gasteiger partial charge in [0.05, 0.1) is 25.3 Å². The lowest BCUT2D eigenvalue weighted by Gasteiger charge is -2.28. The first-order valence-corrected chi connectivity index (χ1v) is 26.0. The van der Waals surface area contributed by atoms with Crippen LogP contribution in [0.4, 0.5) is 0 Å². The second-order valence-corrected chi connectivity index (χ2v) is 24.1. The maximum Gasteiger partial charge on any atom is 0.126 e. The molecular formula is C64H82N2O6. The molecule has 6 aromatic rings. The standard InChI is InChI=1S/C64H82N2O6/c1-61(2,3)51-31-43-27-47-35-53(63(7,8)9)37-49(59(47)71-25-23-65-55(39-67)41-19-15-13-16-20-41)29-45-33-52(62(4,5)6)34-46(58(45)70)30-50-38-54(64(10,11)12)36-48(28-44(32-51)57(43)69)60(50)72-26-24-66-56(40-68)42-21-17-14-18-22-42/h13-22,31-38,55-56,65-70H,23-30,39-40H2,1-12H3/t55-,56?/m1/s1. The third kappa shape index (κ3) is 13.1. The van der Waals surface area contributed by atoms with E-state index < -0.39 is 0 Å². The lowest BCUT2D eigenvalue weighted by atomic mass is 9.79. The Bertz CT molecular complexity index is 2500. The Morgan fingerprint density at radius 2 is 0.653 bits per heavy atom. The summed E-state index contributed by atoms with van der Waals surface area (Å²) in [6.07, 6.45) is 1.61. The lowest BCUT2D eigenvalue weighted by Crippen LogP contribution is -2.29. The normalized spacial score (nSPS) is 14.2. The van der Waals surface area contributed by atoms with E-state index in [1.807, 2.05) is 60.7 Å². The average Bonchev–Trinajstić information content (AvgIpc) is 3.31. The zero-order valence-corrected chi connectivity index (χ0v) is 45.2. The Morgan fingerprint density at radius 3 is 0.889 bits per heavy atom. The Morgan fingerprint density at radius 1 is 0.403 bits per heavy atom. The number of aliphatic hydroxyl groups is 2. The number of hydrogen-bond donors (Lipinski definition) is 6. The first-order chi connectivity index (χ1) is 33.9. The molecule has 8 bridgehead atoms. The van der Waals surface area contributed by atoms with E-state index >= 15 is 0 Å². The predicted octanol–water partition coefficient (Wildman–Crippen LogP) is 12.4. The molecule has 0 aliphatic heterocycles. The maximum atomic E-state index is 12.7. The summed E-state index contributed by atoms with van der Waals surface area (Å²) in [6, 6.07) is 37.1. The highest BCUT2D eigenvalue weighted by Crippen LogP contribution is 2.44. The molecule has 2 atom stereocenters. The van der Waals surface area contributed by atoms with Crippen LogP contribution in [0.2, 0.25) is 0 Å². The molecule has 0 saturated heterocycles. The third-order valence-electron chi connectivity index (χ3n) is 14.3. The van der Waals surface area contributed by atoms with Gasteiger partial charge in [-0.1, -0.05) is 192 Å². The van der Waals surface area contributed by atoms with E-state index in [1.54, 1.807) is 0 Å². The number of aliphatic hydroxyl groups excluding tert-OH is 2. The second kappa shape index (κ2) is 22.2. The summed E-state index contributed by atoms with van der Waals surface area (Å²) in [5.41, 5.74) is 12.6. The number of phenolic OH excluding ortho intramolecular Hbond substituents is 2. The number of hydrogen-bond acceptors (Lipinski definition) is 8. The molecule has 6 aromatic carbocycles. The van der Waals surface area contributed by atoms with E-state index in [2.05, 4.69) is 142 Å². The number of ether oxygens (including phenoxy) is 2. The Kier molecular flexibility index (Phi) is 16.7. The van der Waals surface area contributed by atoms with E-state index in [4.69, 9.17) is 9.47 Å². The van der Waals surface area contributed by atoms with Crippen molar-refractivity contribution in [2.75, 3.05) is 39.5 Å². The average molecular weight is 975 g/mol. The third-order valence-corrected chi connectivity index (χ3v) is 14.3. The molecule has 384 valence electrons. The van der Waals surface area contributed by atoms with Crippen LogP contribution in [0.25, 0.3) is 0 Å². The largest absolute Gasteiger partial charge is 0.507 e. The first kappa shape index (κ1) is 54.1. The van der Waals surface area contributed by atoms with E-state index in [-0.39, 0.29) is 58.5 Å². The van der Waals surface area contributed by atoms with Crippen molar-refractivity contribution in [3.05, 3.63) is 187 Å². The Labute approximate surface area is 430 Å². The van der Waals surface area contributed by atoms with Gasteiger partial charge < -0.3 is 40.5 Å². The molecule has 8 nitrogen and oxygen atoms in total. The van der Waals surface area contributed by atoms with Crippen molar-refractivity contribution in [2.45, 2.75) is 143 Å². The van der Waals surface area contributed by atoms with Gasteiger partial charge in [-0.2, -0.15) is 0 Å². The smallest absolute Gasteiger partial charge is 0.126 e. The van der Waals surface area contributed by atoms with Gasteiger partial charge in [-0.05, 0) is 99.5 Å². The molecule has 0 aromatic heterocycles. The van der Waals surface area contributed by atoms with Crippen LogP contribution in [0, 0.1) is 0 Å². The number of phenols is 2. The number of aromatic hydroxyl groups is 2. The highest BCUT2D eigenvalue weighted by Gasteiger charge is 2.29. The van der Waals surface area contributed by atoms with Crippen molar-refractivity contribution in [1.82, 2.24) is 10.6 Å². The van der Waals surface area contributed by atoms with Gasteiger partial charge in [-0.25, -0.2) is 0 Å². The van der Waals surface area contributed by atoms with Crippen LogP contribution in [-0.4, -0.2) is 59.9 Å². The Balaban J connectivity index is 1.43. The van der Waals surface area contributed by atoms with Crippen LogP contribution in [0.5, 0.6) is 23.0 Å². The topological polar surface area (TPSA) is 123 Å². The minimum absolute atomic E-state index is 0.0516. The summed E-state index contributed by atoms with van der Waals surface area (Å²) in [4.78, 5) is 0. The zero-order valence-electron chi connectivity index (χ0n) is 45.2. The molecule has 1 aliphatic carbocycles. The van der Waals surface area contributed by atoms with Crippen molar-refractivity contribution in [3.8, 4) is 23.0 Å². The first-order valence-electron chi connectivity index (χ1n) is 26.0.